The summed E-state index contributed by atoms with van der Waals surface area (Å²) in [6.45, 7) is 6.54. The summed E-state index contributed by atoms with van der Waals surface area (Å²) in [5.41, 5.74) is 1.60. The van der Waals surface area contributed by atoms with Crippen LogP contribution in [-0.4, -0.2) is 25.5 Å². The van der Waals surface area contributed by atoms with E-state index in [0.29, 0.717) is 17.1 Å². The number of rotatable bonds is 6. The molecule has 0 spiro atoms. The molecule has 0 heterocycles. The minimum atomic E-state index is -0.105. The Morgan fingerprint density at radius 3 is 2.76 bits per heavy atom. The molecule has 0 aliphatic heterocycles. The van der Waals surface area contributed by atoms with E-state index in [1.54, 1.807) is 12.1 Å². The average Bonchev–Trinajstić information content (AvgIpc) is 2.28. The van der Waals surface area contributed by atoms with Gasteiger partial charge in [0, 0.05) is 6.54 Å². The van der Waals surface area contributed by atoms with Gasteiger partial charge in [0.15, 0.2) is 0 Å². The maximum atomic E-state index is 11.8. The molecule has 1 rings (SSSR count). The van der Waals surface area contributed by atoms with Crippen LogP contribution in [0.5, 0.6) is 0 Å². The van der Waals surface area contributed by atoms with Gasteiger partial charge >= 0.3 is 0 Å². The van der Waals surface area contributed by atoms with Gasteiger partial charge in [0.25, 0.3) is 5.91 Å². The zero-order valence-electron chi connectivity index (χ0n) is 10.3. The lowest BCUT2D eigenvalue weighted by Gasteiger charge is -2.07. The van der Waals surface area contributed by atoms with Crippen molar-refractivity contribution in [2.24, 2.45) is 0 Å². The lowest BCUT2D eigenvalue weighted by atomic mass is 10.1. The predicted octanol–water partition coefficient (Wildman–Crippen LogP) is 2.38. The van der Waals surface area contributed by atoms with E-state index in [4.69, 9.17) is 11.6 Å². The minimum Gasteiger partial charge on any atom is -0.352 e. The normalized spacial score (nSPS) is 10.3. The minimum absolute atomic E-state index is 0.105. The van der Waals surface area contributed by atoms with Gasteiger partial charge in [0.1, 0.15) is 0 Å². The molecule has 0 fully saturated rings. The van der Waals surface area contributed by atoms with E-state index in [0.717, 1.165) is 25.1 Å². The van der Waals surface area contributed by atoms with Crippen LogP contribution >= 0.6 is 11.6 Å². The van der Waals surface area contributed by atoms with Crippen LogP contribution < -0.4 is 10.6 Å². The summed E-state index contributed by atoms with van der Waals surface area (Å²) in [4.78, 5) is 11.8. The molecule has 0 atom stereocenters. The maximum absolute atomic E-state index is 11.8. The van der Waals surface area contributed by atoms with Crippen LogP contribution in [0.4, 0.5) is 0 Å². The van der Waals surface area contributed by atoms with Crippen LogP contribution in [0, 0.1) is 6.92 Å². The highest BCUT2D eigenvalue weighted by Crippen LogP contribution is 2.17. The summed E-state index contributed by atoms with van der Waals surface area (Å²) < 4.78 is 0. The first-order valence-electron chi connectivity index (χ1n) is 5.90. The molecule has 0 aromatic heterocycles. The zero-order valence-corrected chi connectivity index (χ0v) is 11.1. The molecule has 0 aliphatic carbocycles. The highest BCUT2D eigenvalue weighted by Gasteiger charge is 2.08. The van der Waals surface area contributed by atoms with Gasteiger partial charge in [-0.1, -0.05) is 24.6 Å². The second kappa shape index (κ2) is 7.30. The fourth-order valence-corrected chi connectivity index (χ4v) is 1.81. The lowest BCUT2D eigenvalue weighted by Crippen LogP contribution is -2.27. The number of benzene rings is 1. The Morgan fingerprint density at radius 1 is 1.35 bits per heavy atom. The predicted molar refractivity (Wildman–Crippen MR) is 71.7 cm³/mol. The standard InChI is InChI=1S/C13H19ClN2O/c1-3-15-7-4-8-16-13(17)11-6-5-10(2)9-12(11)14/h5-6,9,15H,3-4,7-8H2,1-2H3,(H,16,17). The van der Waals surface area contributed by atoms with Crippen molar-refractivity contribution >= 4 is 17.5 Å². The molecule has 2 N–H and O–H groups in total. The van der Waals surface area contributed by atoms with Crippen LogP contribution in [0.2, 0.25) is 5.02 Å². The smallest absolute Gasteiger partial charge is 0.252 e. The number of hydrogen-bond acceptors (Lipinski definition) is 2. The first kappa shape index (κ1) is 14.0. The molecule has 0 saturated carbocycles. The molecule has 1 aromatic rings. The largest absolute Gasteiger partial charge is 0.352 e. The van der Waals surface area contributed by atoms with E-state index in [1.165, 1.54) is 0 Å². The highest BCUT2D eigenvalue weighted by atomic mass is 35.5. The van der Waals surface area contributed by atoms with Gasteiger partial charge in [-0.15, -0.1) is 0 Å². The quantitative estimate of drug-likeness (QED) is 0.766. The van der Waals surface area contributed by atoms with Gasteiger partial charge in [-0.2, -0.15) is 0 Å². The Labute approximate surface area is 108 Å². The van der Waals surface area contributed by atoms with Crippen molar-refractivity contribution in [1.29, 1.82) is 0 Å². The number of carbonyl (C=O) groups excluding carboxylic acids is 1. The summed E-state index contributed by atoms with van der Waals surface area (Å²) in [5, 5.41) is 6.57. The van der Waals surface area contributed by atoms with E-state index < -0.39 is 0 Å². The number of carbonyl (C=O) groups is 1. The third kappa shape index (κ3) is 4.75. The van der Waals surface area contributed by atoms with E-state index in [2.05, 4.69) is 17.6 Å². The van der Waals surface area contributed by atoms with Crippen molar-refractivity contribution in [2.75, 3.05) is 19.6 Å². The Hall–Kier alpha value is -1.06. The number of nitrogens with one attached hydrogen (secondary N) is 2. The number of amides is 1. The molecular weight excluding hydrogens is 236 g/mol. The van der Waals surface area contributed by atoms with Gasteiger partial charge < -0.3 is 10.6 Å². The van der Waals surface area contributed by atoms with E-state index in [9.17, 15) is 4.79 Å². The lowest BCUT2D eigenvalue weighted by molar-refractivity contribution is 0.0953. The molecule has 4 heteroatoms. The van der Waals surface area contributed by atoms with Crippen molar-refractivity contribution in [1.82, 2.24) is 10.6 Å². The summed E-state index contributed by atoms with van der Waals surface area (Å²) in [6, 6.07) is 5.45. The van der Waals surface area contributed by atoms with E-state index in [-0.39, 0.29) is 5.91 Å². The number of hydrogen-bond donors (Lipinski definition) is 2. The van der Waals surface area contributed by atoms with Crippen molar-refractivity contribution in [3.63, 3.8) is 0 Å². The second-order valence-electron chi connectivity index (χ2n) is 3.95. The molecule has 0 aliphatic rings. The Bertz CT molecular complexity index is 380. The molecule has 0 unspecified atom stereocenters. The SMILES string of the molecule is CCNCCCNC(=O)c1ccc(C)cc1Cl. The summed E-state index contributed by atoms with van der Waals surface area (Å²) in [7, 11) is 0. The molecule has 0 saturated heterocycles. The van der Waals surface area contributed by atoms with Gasteiger partial charge in [-0.3, -0.25) is 4.79 Å². The van der Waals surface area contributed by atoms with Crippen molar-refractivity contribution in [3.05, 3.63) is 34.3 Å². The molecule has 3 nitrogen and oxygen atoms in total. The van der Waals surface area contributed by atoms with Gasteiger partial charge in [0.05, 0.1) is 10.6 Å². The third-order valence-electron chi connectivity index (χ3n) is 2.44. The molecule has 1 amide bonds. The van der Waals surface area contributed by atoms with Crippen molar-refractivity contribution < 1.29 is 4.79 Å². The van der Waals surface area contributed by atoms with Crippen LogP contribution in [0.1, 0.15) is 29.3 Å². The molecule has 0 bridgehead atoms. The first-order chi connectivity index (χ1) is 8.15. The second-order valence-corrected chi connectivity index (χ2v) is 4.35. The molecule has 1 aromatic carbocycles. The van der Waals surface area contributed by atoms with Gasteiger partial charge in [-0.05, 0) is 44.1 Å². The maximum Gasteiger partial charge on any atom is 0.252 e. The van der Waals surface area contributed by atoms with E-state index >= 15 is 0 Å². The summed E-state index contributed by atoms with van der Waals surface area (Å²) in [6.07, 6.45) is 0.920. The number of halogens is 1. The molecular formula is C13H19ClN2O. The Balaban J connectivity index is 2.42. The zero-order chi connectivity index (χ0) is 12.7. The molecule has 94 valence electrons. The van der Waals surface area contributed by atoms with Crippen molar-refractivity contribution in [3.8, 4) is 0 Å². The first-order valence-corrected chi connectivity index (χ1v) is 6.28. The monoisotopic (exact) mass is 254 g/mol. The van der Waals surface area contributed by atoms with Crippen LogP contribution in [0.15, 0.2) is 18.2 Å². The van der Waals surface area contributed by atoms with Gasteiger partial charge in [-0.25, -0.2) is 0 Å². The fraction of sp³-hybridized carbons (Fsp3) is 0.462. The van der Waals surface area contributed by atoms with E-state index in [1.807, 2.05) is 13.0 Å². The Morgan fingerprint density at radius 2 is 2.12 bits per heavy atom. The fourth-order valence-electron chi connectivity index (χ4n) is 1.49. The number of aryl methyl sites for hydroxylation is 1. The van der Waals surface area contributed by atoms with Gasteiger partial charge in [0.2, 0.25) is 0 Å². The topological polar surface area (TPSA) is 41.1 Å². The van der Waals surface area contributed by atoms with Crippen LogP contribution in [-0.2, 0) is 0 Å². The Kier molecular flexibility index (Phi) is 6.01. The molecule has 17 heavy (non-hydrogen) atoms. The highest BCUT2D eigenvalue weighted by molar-refractivity contribution is 6.33. The summed E-state index contributed by atoms with van der Waals surface area (Å²) >= 11 is 6.01. The average molecular weight is 255 g/mol. The third-order valence-corrected chi connectivity index (χ3v) is 2.75. The van der Waals surface area contributed by atoms with Crippen LogP contribution in [0.25, 0.3) is 0 Å². The summed E-state index contributed by atoms with van der Waals surface area (Å²) in [5.74, 6) is -0.105. The van der Waals surface area contributed by atoms with Crippen LogP contribution in [0.3, 0.4) is 0 Å². The molecule has 0 radical (unpaired) electrons. The van der Waals surface area contributed by atoms with Crippen molar-refractivity contribution in [2.45, 2.75) is 20.3 Å².